The lowest BCUT2D eigenvalue weighted by Crippen LogP contribution is -2.53. The van der Waals surface area contributed by atoms with Gasteiger partial charge in [-0.05, 0) is 31.5 Å². The Morgan fingerprint density at radius 3 is 2.69 bits per heavy atom. The molecular formula is C13H20N2O. The standard InChI is InChI=1S/C13H20N2O/c1-10-8-15(11(2)7-14-10)9-12-3-5-13(16)6-4-12/h3-6,10-11,14,16H,7-9H2,1-2H3/t10-,11-/m0/s1. The number of nitrogens with zero attached hydrogens (tertiary/aromatic N) is 1. The first-order valence-corrected chi connectivity index (χ1v) is 5.90. The smallest absolute Gasteiger partial charge is 0.115 e. The SMILES string of the molecule is C[C@H]1CN(Cc2ccc(O)cc2)[C@@H](C)CN1. The van der Waals surface area contributed by atoms with Crippen molar-refractivity contribution in [2.45, 2.75) is 32.5 Å². The number of benzene rings is 1. The van der Waals surface area contributed by atoms with Crippen molar-refractivity contribution < 1.29 is 5.11 Å². The zero-order valence-electron chi connectivity index (χ0n) is 9.98. The summed E-state index contributed by atoms with van der Waals surface area (Å²) in [6, 6.07) is 8.64. The summed E-state index contributed by atoms with van der Waals surface area (Å²) in [4.78, 5) is 2.48. The van der Waals surface area contributed by atoms with Gasteiger partial charge in [0.1, 0.15) is 5.75 Å². The molecule has 2 N–H and O–H groups in total. The van der Waals surface area contributed by atoms with Crippen LogP contribution in [-0.4, -0.2) is 35.2 Å². The van der Waals surface area contributed by atoms with Gasteiger partial charge in [-0.2, -0.15) is 0 Å². The van der Waals surface area contributed by atoms with Crippen molar-refractivity contribution in [1.82, 2.24) is 10.2 Å². The predicted molar refractivity (Wildman–Crippen MR) is 65.4 cm³/mol. The van der Waals surface area contributed by atoms with Crippen LogP contribution in [0.3, 0.4) is 0 Å². The molecule has 3 nitrogen and oxygen atoms in total. The summed E-state index contributed by atoms with van der Waals surface area (Å²) >= 11 is 0. The number of aromatic hydroxyl groups is 1. The fourth-order valence-corrected chi connectivity index (χ4v) is 2.15. The number of phenols is 1. The molecule has 0 aliphatic carbocycles. The van der Waals surface area contributed by atoms with Crippen LogP contribution in [0, 0.1) is 0 Å². The third-order valence-corrected chi connectivity index (χ3v) is 3.22. The van der Waals surface area contributed by atoms with Gasteiger partial charge in [0, 0.05) is 31.7 Å². The average Bonchev–Trinajstić information content (AvgIpc) is 2.27. The molecule has 0 aromatic heterocycles. The molecule has 16 heavy (non-hydrogen) atoms. The Hall–Kier alpha value is -1.06. The minimum Gasteiger partial charge on any atom is -0.508 e. The molecule has 0 unspecified atom stereocenters. The number of rotatable bonds is 2. The molecule has 3 heteroatoms. The second-order valence-electron chi connectivity index (χ2n) is 4.75. The molecule has 1 fully saturated rings. The molecule has 0 radical (unpaired) electrons. The lowest BCUT2D eigenvalue weighted by atomic mass is 10.1. The molecule has 1 aromatic carbocycles. The van der Waals surface area contributed by atoms with Crippen molar-refractivity contribution in [3.8, 4) is 5.75 Å². The van der Waals surface area contributed by atoms with Crippen molar-refractivity contribution in [1.29, 1.82) is 0 Å². The van der Waals surface area contributed by atoms with E-state index in [1.807, 2.05) is 12.1 Å². The Kier molecular flexibility index (Phi) is 3.46. The highest BCUT2D eigenvalue weighted by Crippen LogP contribution is 2.15. The fraction of sp³-hybridized carbons (Fsp3) is 0.538. The lowest BCUT2D eigenvalue weighted by Gasteiger charge is -2.37. The molecular weight excluding hydrogens is 200 g/mol. The minimum absolute atomic E-state index is 0.338. The number of hydrogen-bond donors (Lipinski definition) is 2. The first-order chi connectivity index (χ1) is 7.65. The first kappa shape index (κ1) is 11.4. The monoisotopic (exact) mass is 220 g/mol. The summed E-state index contributed by atoms with van der Waals surface area (Å²) in [6.07, 6.45) is 0. The van der Waals surface area contributed by atoms with Gasteiger partial charge in [0.2, 0.25) is 0 Å². The largest absolute Gasteiger partial charge is 0.508 e. The third-order valence-electron chi connectivity index (χ3n) is 3.22. The van der Waals surface area contributed by atoms with Crippen LogP contribution in [0.1, 0.15) is 19.4 Å². The van der Waals surface area contributed by atoms with E-state index < -0.39 is 0 Å². The molecule has 1 aliphatic heterocycles. The fourth-order valence-electron chi connectivity index (χ4n) is 2.15. The number of nitrogens with one attached hydrogen (secondary N) is 1. The van der Waals surface area contributed by atoms with Gasteiger partial charge in [0.25, 0.3) is 0 Å². The molecule has 0 spiro atoms. The van der Waals surface area contributed by atoms with Crippen molar-refractivity contribution in [3.05, 3.63) is 29.8 Å². The zero-order valence-corrected chi connectivity index (χ0v) is 9.98. The van der Waals surface area contributed by atoms with E-state index in [4.69, 9.17) is 0 Å². The van der Waals surface area contributed by atoms with Crippen LogP contribution < -0.4 is 5.32 Å². The van der Waals surface area contributed by atoms with E-state index in [1.54, 1.807) is 12.1 Å². The van der Waals surface area contributed by atoms with Gasteiger partial charge in [-0.3, -0.25) is 4.90 Å². The normalized spacial score (nSPS) is 26.9. The molecule has 2 atom stereocenters. The van der Waals surface area contributed by atoms with Gasteiger partial charge >= 0.3 is 0 Å². The van der Waals surface area contributed by atoms with Crippen LogP contribution in [0.4, 0.5) is 0 Å². The third kappa shape index (κ3) is 2.74. The Labute approximate surface area is 97.1 Å². The number of piperazine rings is 1. The topological polar surface area (TPSA) is 35.5 Å². The van der Waals surface area contributed by atoms with Crippen LogP contribution in [0.2, 0.25) is 0 Å². The Balaban J connectivity index is 2.00. The molecule has 1 heterocycles. The molecule has 1 aromatic rings. The Morgan fingerprint density at radius 1 is 1.31 bits per heavy atom. The second-order valence-corrected chi connectivity index (χ2v) is 4.75. The summed E-state index contributed by atoms with van der Waals surface area (Å²) in [7, 11) is 0. The second kappa shape index (κ2) is 4.85. The van der Waals surface area contributed by atoms with Crippen molar-refractivity contribution in [2.75, 3.05) is 13.1 Å². The van der Waals surface area contributed by atoms with Crippen LogP contribution in [-0.2, 0) is 6.54 Å². The highest BCUT2D eigenvalue weighted by atomic mass is 16.3. The first-order valence-electron chi connectivity index (χ1n) is 5.90. The van der Waals surface area contributed by atoms with Crippen LogP contribution in [0.25, 0.3) is 0 Å². The predicted octanol–water partition coefficient (Wildman–Crippen LogP) is 1.57. The maximum atomic E-state index is 9.23. The highest BCUT2D eigenvalue weighted by Gasteiger charge is 2.21. The Bertz CT molecular complexity index is 336. The van der Waals surface area contributed by atoms with Crippen LogP contribution >= 0.6 is 0 Å². The molecule has 1 aliphatic rings. The zero-order chi connectivity index (χ0) is 11.5. The van der Waals surface area contributed by atoms with Crippen molar-refractivity contribution in [2.24, 2.45) is 0 Å². The average molecular weight is 220 g/mol. The molecule has 0 saturated carbocycles. The van der Waals surface area contributed by atoms with E-state index in [9.17, 15) is 5.11 Å². The van der Waals surface area contributed by atoms with E-state index in [-0.39, 0.29) is 0 Å². The quantitative estimate of drug-likeness (QED) is 0.794. The summed E-state index contributed by atoms with van der Waals surface area (Å²) in [6.45, 7) is 7.57. The van der Waals surface area contributed by atoms with E-state index in [0.29, 0.717) is 17.8 Å². The number of hydrogen-bond acceptors (Lipinski definition) is 3. The van der Waals surface area contributed by atoms with Gasteiger partial charge < -0.3 is 10.4 Å². The van der Waals surface area contributed by atoms with Crippen molar-refractivity contribution in [3.63, 3.8) is 0 Å². The van der Waals surface area contributed by atoms with E-state index in [0.717, 1.165) is 19.6 Å². The maximum absolute atomic E-state index is 9.23. The number of phenolic OH excluding ortho intramolecular Hbond substituents is 1. The molecule has 1 saturated heterocycles. The lowest BCUT2D eigenvalue weighted by molar-refractivity contribution is 0.139. The van der Waals surface area contributed by atoms with E-state index in [1.165, 1.54) is 5.56 Å². The van der Waals surface area contributed by atoms with Gasteiger partial charge in [0.15, 0.2) is 0 Å². The van der Waals surface area contributed by atoms with Gasteiger partial charge in [0.05, 0.1) is 0 Å². The molecule has 88 valence electrons. The summed E-state index contributed by atoms with van der Waals surface area (Å²) in [5.41, 5.74) is 1.26. The summed E-state index contributed by atoms with van der Waals surface area (Å²) < 4.78 is 0. The minimum atomic E-state index is 0.338. The molecule has 2 rings (SSSR count). The Morgan fingerprint density at radius 2 is 2.00 bits per heavy atom. The van der Waals surface area contributed by atoms with Gasteiger partial charge in [-0.1, -0.05) is 12.1 Å². The van der Waals surface area contributed by atoms with Gasteiger partial charge in [-0.25, -0.2) is 0 Å². The van der Waals surface area contributed by atoms with Crippen molar-refractivity contribution >= 4 is 0 Å². The van der Waals surface area contributed by atoms with Gasteiger partial charge in [-0.15, -0.1) is 0 Å². The van der Waals surface area contributed by atoms with E-state index in [2.05, 4.69) is 24.1 Å². The van der Waals surface area contributed by atoms with Crippen LogP contribution in [0.5, 0.6) is 5.75 Å². The maximum Gasteiger partial charge on any atom is 0.115 e. The highest BCUT2D eigenvalue weighted by molar-refractivity contribution is 5.25. The summed E-state index contributed by atoms with van der Waals surface area (Å²) in [5, 5.41) is 12.7. The molecule has 0 bridgehead atoms. The summed E-state index contributed by atoms with van der Waals surface area (Å²) in [5.74, 6) is 0.338. The van der Waals surface area contributed by atoms with E-state index >= 15 is 0 Å². The molecule has 0 amide bonds. The van der Waals surface area contributed by atoms with Crippen LogP contribution in [0.15, 0.2) is 24.3 Å².